The average Bonchev–Trinajstić information content (AvgIpc) is 2.68. The molecule has 0 radical (unpaired) electrons. The maximum Gasteiger partial charge on any atom is 0.306 e. The van der Waals surface area contributed by atoms with E-state index in [0.29, 0.717) is 35.3 Å². The number of fused-ring (bicyclic) bond motifs is 1. The van der Waals surface area contributed by atoms with Gasteiger partial charge in [0.15, 0.2) is 6.10 Å². The molecule has 3 rings (SSSR count). The second kappa shape index (κ2) is 9.14. The van der Waals surface area contributed by atoms with Crippen LogP contribution in [0.25, 0.3) is 10.9 Å². The van der Waals surface area contributed by atoms with Crippen LogP contribution in [0.15, 0.2) is 53.3 Å². The molecule has 1 heterocycles. The first kappa shape index (κ1) is 20.3. The average molecular weight is 393 g/mol. The summed E-state index contributed by atoms with van der Waals surface area (Å²) in [7, 11) is 0. The first-order valence-electron chi connectivity index (χ1n) is 9.47. The van der Waals surface area contributed by atoms with Gasteiger partial charge in [0.05, 0.1) is 10.9 Å². The Hall–Kier alpha value is -3.48. The Labute approximate surface area is 168 Å². The number of ether oxygens (including phenoxy) is 1. The minimum atomic E-state index is -0.901. The summed E-state index contributed by atoms with van der Waals surface area (Å²) >= 11 is 0. The summed E-state index contributed by atoms with van der Waals surface area (Å²) < 4.78 is 5.20. The Kier molecular flexibility index (Phi) is 6.39. The molecular formula is C22H23N3O4. The highest BCUT2D eigenvalue weighted by atomic mass is 16.5. The van der Waals surface area contributed by atoms with E-state index in [1.54, 1.807) is 24.3 Å². The standard InChI is InChI=1S/C22H23N3O4/c1-14-7-5-8-16(13-14)23-21(27)15(2)29-20(26)12-6-11-19-24-18-10-4-3-9-17(18)22(28)25-19/h3-5,7-10,13,15H,6,11-12H2,1-2H3,(H,23,27)(H,24,25,28). The minimum Gasteiger partial charge on any atom is -0.453 e. The first-order valence-corrected chi connectivity index (χ1v) is 9.47. The van der Waals surface area contributed by atoms with Crippen LogP contribution in [0.3, 0.4) is 0 Å². The highest BCUT2D eigenvalue weighted by Crippen LogP contribution is 2.11. The van der Waals surface area contributed by atoms with Crippen molar-refractivity contribution in [3.8, 4) is 0 Å². The second-order valence-electron chi connectivity index (χ2n) is 6.87. The molecule has 7 heteroatoms. The lowest BCUT2D eigenvalue weighted by molar-refractivity contribution is -0.153. The number of nitrogens with one attached hydrogen (secondary N) is 2. The van der Waals surface area contributed by atoms with Crippen molar-refractivity contribution in [1.82, 2.24) is 9.97 Å². The number of para-hydroxylation sites is 1. The summed E-state index contributed by atoms with van der Waals surface area (Å²) in [4.78, 5) is 43.4. The molecule has 0 bridgehead atoms. The molecule has 1 atom stereocenters. The van der Waals surface area contributed by atoms with Crippen molar-refractivity contribution in [3.63, 3.8) is 0 Å². The van der Waals surface area contributed by atoms with E-state index >= 15 is 0 Å². The van der Waals surface area contributed by atoms with E-state index in [9.17, 15) is 14.4 Å². The zero-order valence-electron chi connectivity index (χ0n) is 16.4. The van der Waals surface area contributed by atoms with E-state index in [1.165, 1.54) is 6.92 Å². The summed E-state index contributed by atoms with van der Waals surface area (Å²) in [5, 5.41) is 3.26. The van der Waals surface area contributed by atoms with Crippen LogP contribution in [0.2, 0.25) is 0 Å². The molecule has 1 aromatic heterocycles. The SMILES string of the molecule is Cc1cccc(NC(=O)C(C)OC(=O)CCCc2nc3ccccc3c(=O)[nH]2)c1. The Bertz CT molecular complexity index is 1090. The predicted octanol–water partition coefficient (Wildman–Crippen LogP) is 3.12. The van der Waals surface area contributed by atoms with Gasteiger partial charge in [0.2, 0.25) is 0 Å². The van der Waals surface area contributed by atoms with Crippen molar-refractivity contribution in [3.05, 3.63) is 70.3 Å². The molecular weight excluding hydrogens is 370 g/mol. The smallest absolute Gasteiger partial charge is 0.306 e. The number of aromatic amines is 1. The molecule has 2 aromatic carbocycles. The summed E-state index contributed by atoms with van der Waals surface area (Å²) in [5.41, 5.74) is 2.10. The van der Waals surface area contributed by atoms with E-state index in [4.69, 9.17) is 4.74 Å². The number of amides is 1. The highest BCUT2D eigenvalue weighted by Gasteiger charge is 2.18. The molecule has 0 fully saturated rings. The fourth-order valence-electron chi connectivity index (χ4n) is 2.93. The van der Waals surface area contributed by atoms with Crippen LogP contribution in [0.5, 0.6) is 0 Å². The normalized spacial score (nSPS) is 11.8. The molecule has 0 saturated carbocycles. The maximum absolute atomic E-state index is 12.2. The van der Waals surface area contributed by atoms with Gasteiger partial charge in [-0.15, -0.1) is 0 Å². The van der Waals surface area contributed by atoms with E-state index < -0.39 is 12.1 Å². The Morgan fingerprint density at radius 1 is 1.17 bits per heavy atom. The molecule has 0 aliphatic rings. The maximum atomic E-state index is 12.2. The number of benzene rings is 2. The zero-order valence-corrected chi connectivity index (χ0v) is 16.4. The number of rotatable bonds is 7. The Morgan fingerprint density at radius 3 is 2.76 bits per heavy atom. The predicted molar refractivity (Wildman–Crippen MR) is 111 cm³/mol. The molecule has 7 nitrogen and oxygen atoms in total. The summed E-state index contributed by atoms with van der Waals surface area (Å²) in [6, 6.07) is 14.5. The van der Waals surface area contributed by atoms with Crippen LogP contribution in [0.1, 0.15) is 31.2 Å². The quantitative estimate of drug-likeness (QED) is 0.601. The number of hydrogen-bond donors (Lipinski definition) is 2. The van der Waals surface area contributed by atoms with E-state index in [0.717, 1.165) is 5.56 Å². The molecule has 3 aromatic rings. The summed E-state index contributed by atoms with van der Waals surface area (Å²) in [6.07, 6.45) is 0.103. The molecule has 1 unspecified atom stereocenters. The van der Waals surface area contributed by atoms with Gasteiger partial charge < -0.3 is 15.0 Å². The van der Waals surface area contributed by atoms with Crippen LogP contribution in [0, 0.1) is 6.92 Å². The van der Waals surface area contributed by atoms with Gasteiger partial charge in [-0.05, 0) is 50.1 Å². The molecule has 1 amide bonds. The molecule has 150 valence electrons. The fourth-order valence-corrected chi connectivity index (χ4v) is 2.93. The largest absolute Gasteiger partial charge is 0.453 e. The van der Waals surface area contributed by atoms with Crippen molar-refractivity contribution < 1.29 is 14.3 Å². The lowest BCUT2D eigenvalue weighted by atomic mass is 10.2. The van der Waals surface area contributed by atoms with Crippen LogP contribution < -0.4 is 10.9 Å². The number of carbonyl (C=O) groups excluding carboxylic acids is 2. The van der Waals surface area contributed by atoms with E-state index in [-0.39, 0.29) is 17.9 Å². The number of aromatic nitrogens is 2. The van der Waals surface area contributed by atoms with Crippen molar-refractivity contribution in [1.29, 1.82) is 0 Å². The zero-order chi connectivity index (χ0) is 20.8. The van der Waals surface area contributed by atoms with E-state index in [1.807, 2.05) is 31.2 Å². The number of aryl methyl sites for hydroxylation is 2. The van der Waals surface area contributed by atoms with Crippen LogP contribution in [-0.2, 0) is 20.7 Å². The van der Waals surface area contributed by atoms with Gasteiger partial charge in [-0.1, -0.05) is 24.3 Å². The van der Waals surface area contributed by atoms with Crippen LogP contribution in [0.4, 0.5) is 5.69 Å². The van der Waals surface area contributed by atoms with Crippen molar-refractivity contribution >= 4 is 28.5 Å². The third kappa shape index (κ3) is 5.51. The van der Waals surface area contributed by atoms with Gasteiger partial charge in [-0.3, -0.25) is 14.4 Å². The Morgan fingerprint density at radius 2 is 1.97 bits per heavy atom. The van der Waals surface area contributed by atoms with Crippen molar-refractivity contribution in [2.45, 2.75) is 39.2 Å². The van der Waals surface area contributed by atoms with Gasteiger partial charge in [-0.25, -0.2) is 4.98 Å². The summed E-state index contributed by atoms with van der Waals surface area (Å²) in [5.74, 6) is -0.337. The minimum absolute atomic E-state index is 0.124. The molecule has 0 aliphatic carbocycles. The van der Waals surface area contributed by atoms with Crippen LogP contribution >= 0.6 is 0 Å². The number of anilines is 1. The number of carbonyl (C=O) groups is 2. The molecule has 2 N–H and O–H groups in total. The van der Waals surface area contributed by atoms with Gasteiger partial charge in [0.25, 0.3) is 11.5 Å². The van der Waals surface area contributed by atoms with Gasteiger partial charge in [-0.2, -0.15) is 0 Å². The molecule has 0 aliphatic heterocycles. The van der Waals surface area contributed by atoms with Crippen molar-refractivity contribution in [2.24, 2.45) is 0 Å². The lowest BCUT2D eigenvalue weighted by Crippen LogP contribution is -2.30. The van der Waals surface area contributed by atoms with Gasteiger partial charge in [0.1, 0.15) is 5.82 Å². The second-order valence-corrected chi connectivity index (χ2v) is 6.87. The third-order valence-electron chi connectivity index (χ3n) is 4.42. The lowest BCUT2D eigenvalue weighted by Gasteiger charge is -2.13. The highest BCUT2D eigenvalue weighted by molar-refractivity contribution is 5.95. The fraction of sp³-hybridized carbons (Fsp3) is 0.273. The monoisotopic (exact) mass is 393 g/mol. The van der Waals surface area contributed by atoms with Crippen molar-refractivity contribution in [2.75, 3.05) is 5.32 Å². The number of H-pyrrole nitrogens is 1. The number of nitrogens with zero attached hydrogens (tertiary/aromatic N) is 1. The molecule has 0 spiro atoms. The molecule has 0 saturated heterocycles. The van der Waals surface area contributed by atoms with Crippen LogP contribution in [-0.4, -0.2) is 27.9 Å². The summed E-state index contributed by atoms with van der Waals surface area (Å²) in [6.45, 7) is 3.46. The third-order valence-corrected chi connectivity index (χ3v) is 4.42. The Balaban J connectivity index is 1.48. The van der Waals surface area contributed by atoms with Gasteiger partial charge >= 0.3 is 5.97 Å². The topological polar surface area (TPSA) is 101 Å². The van der Waals surface area contributed by atoms with Gasteiger partial charge in [0, 0.05) is 18.5 Å². The number of hydrogen-bond acceptors (Lipinski definition) is 5. The van der Waals surface area contributed by atoms with E-state index in [2.05, 4.69) is 15.3 Å². The molecule has 29 heavy (non-hydrogen) atoms. The number of esters is 1. The first-order chi connectivity index (χ1) is 13.9.